The number of nitrogens with zero attached hydrogens (tertiary/aromatic N) is 1. The Hall–Kier alpha value is -0.340. The Morgan fingerprint density at radius 2 is 2.19 bits per heavy atom. The van der Waals surface area contributed by atoms with Crippen molar-refractivity contribution in [3.05, 3.63) is 12.2 Å². The SMILES string of the molecule is C=C(CC)CN1CCCCCC1CC(C)O. The van der Waals surface area contributed by atoms with E-state index in [9.17, 15) is 5.11 Å². The summed E-state index contributed by atoms with van der Waals surface area (Å²) < 4.78 is 0. The fourth-order valence-corrected chi connectivity index (χ4v) is 2.50. The third-order valence-electron chi connectivity index (χ3n) is 3.54. The monoisotopic (exact) mass is 225 g/mol. The topological polar surface area (TPSA) is 23.5 Å². The van der Waals surface area contributed by atoms with Gasteiger partial charge in [0, 0.05) is 12.6 Å². The molecule has 0 aromatic rings. The molecule has 0 spiro atoms. The van der Waals surface area contributed by atoms with E-state index in [4.69, 9.17) is 0 Å². The van der Waals surface area contributed by atoms with Gasteiger partial charge in [0.25, 0.3) is 0 Å². The summed E-state index contributed by atoms with van der Waals surface area (Å²) in [5.74, 6) is 0. The van der Waals surface area contributed by atoms with Crippen molar-refractivity contribution in [2.24, 2.45) is 0 Å². The van der Waals surface area contributed by atoms with Gasteiger partial charge in [-0.2, -0.15) is 0 Å². The largest absolute Gasteiger partial charge is 0.393 e. The Morgan fingerprint density at radius 1 is 1.44 bits per heavy atom. The van der Waals surface area contributed by atoms with Crippen LogP contribution in [-0.4, -0.2) is 35.2 Å². The Bertz CT molecular complexity index is 213. The Labute approximate surface area is 100 Å². The summed E-state index contributed by atoms with van der Waals surface area (Å²) >= 11 is 0. The average Bonchev–Trinajstić information content (AvgIpc) is 2.44. The molecule has 2 nitrogen and oxygen atoms in total. The lowest BCUT2D eigenvalue weighted by Crippen LogP contribution is -2.38. The predicted octanol–water partition coefficient (Wildman–Crippen LogP) is 2.97. The van der Waals surface area contributed by atoms with Crippen LogP contribution in [0.15, 0.2) is 12.2 Å². The highest BCUT2D eigenvalue weighted by Crippen LogP contribution is 2.21. The first-order valence-electron chi connectivity index (χ1n) is 6.72. The zero-order valence-corrected chi connectivity index (χ0v) is 10.9. The van der Waals surface area contributed by atoms with Gasteiger partial charge in [0.05, 0.1) is 6.10 Å². The Kier molecular flexibility index (Phi) is 6.07. The molecule has 0 amide bonds. The van der Waals surface area contributed by atoms with Crippen LogP contribution in [0.1, 0.15) is 52.4 Å². The molecule has 1 fully saturated rings. The van der Waals surface area contributed by atoms with Gasteiger partial charge in [0.1, 0.15) is 0 Å². The van der Waals surface area contributed by atoms with Crippen LogP contribution in [0, 0.1) is 0 Å². The number of hydrogen-bond acceptors (Lipinski definition) is 2. The fourth-order valence-electron chi connectivity index (χ4n) is 2.50. The minimum Gasteiger partial charge on any atom is -0.393 e. The van der Waals surface area contributed by atoms with Crippen LogP contribution < -0.4 is 0 Å². The molecule has 0 bridgehead atoms. The molecule has 1 N–H and O–H groups in total. The third-order valence-corrected chi connectivity index (χ3v) is 3.54. The van der Waals surface area contributed by atoms with Crippen LogP contribution in [-0.2, 0) is 0 Å². The van der Waals surface area contributed by atoms with E-state index in [2.05, 4.69) is 18.4 Å². The lowest BCUT2D eigenvalue weighted by molar-refractivity contribution is 0.118. The van der Waals surface area contributed by atoms with E-state index >= 15 is 0 Å². The summed E-state index contributed by atoms with van der Waals surface area (Å²) in [7, 11) is 0. The maximum Gasteiger partial charge on any atom is 0.0527 e. The molecular formula is C14H27NO. The highest BCUT2D eigenvalue weighted by molar-refractivity contribution is 4.97. The molecule has 1 saturated heterocycles. The fraction of sp³-hybridized carbons (Fsp3) is 0.857. The summed E-state index contributed by atoms with van der Waals surface area (Å²) in [4.78, 5) is 2.53. The van der Waals surface area contributed by atoms with Crippen molar-refractivity contribution < 1.29 is 5.11 Å². The van der Waals surface area contributed by atoms with Gasteiger partial charge >= 0.3 is 0 Å². The quantitative estimate of drug-likeness (QED) is 0.727. The Balaban J connectivity index is 2.54. The molecule has 1 aliphatic rings. The third kappa shape index (κ3) is 4.67. The van der Waals surface area contributed by atoms with Crippen LogP contribution >= 0.6 is 0 Å². The summed E-state index contributed by atoms with van der Waals surface area (Å²) in [6.45, 7) is 10.4. The maximum atomic E-state index is 9.56. The molecule has 0 saturated carbocycles. The standard InChI is InChI=1S/C14H27NO/c1-4-12(2)11-15-9-7-5-6-8-14(15)10-13(3)16/h13-14,16H,2,4-11H2,1,3H3. The van der Waals surface area contributed by atoms with E-state index in [0.717, 1.165) is 19.4 Å². The summed E-state index contributed by atoms with van der Waals surface area (Å²) in [6.07, 6.45) is 6.99. The lowest BCUT2D eigenvalue weighted by Gasteiger charge is -2.31. The van der Waals surface area contributed by atoms with Crippen LogP contribution in [0.3, 0.4) is 0 Å². The van der Waals surface area contributed by atoms with Crippen LogP contribution in [0.2, 0.25) is 0 Å². The first kappa shape index (κ1) is 13.7. The molecule has 94 valence electrons. The summed E-state index contributed by atoms with van der Waals surface area (Å²) in [5, 5.41) is 9.56. The van der Waals surface area contributed by atoms with Crippen molar-refractivity contribution in [3.8, 4) is 0 Å². The smallest absolute Gasteiger partial charge is 0.0527 e. The second-order valence-electron chi connectivity index (χ2n) is 5.16. The van der Waals surface area contributed by atoms with Gasteiger partial charge in [0.2, 0.25) is 0 Å². The predicted molar refractivity (Wildman–Crippen MR) is 69.6 cm³/mol. The van der Waals surface area contributed by atoms with Gasteiger partial charge in [-0.05, 0) is 39.2 Å². The zero-order chi connectivity index (χ0) is 12.0. The summed E-state index contributed by atoms with van der Waals surface area (Å²) in [6, 6.07) is 0.561. The first-order valence-corrected chi connectivity index (χ1v) is 6.72. The molecule has 16 heavy (non-hydrogen) atoms. The van der Waals surface area contributed by atoms with Gasteiger partial charge < -0.3 is 5.11 Å². The molecule has 2 unspecified atom stereocenters. The van der Waals surface area contributed by atoms with Crippen molar-refractivity contribution in [2.75, 3.05) is 13.1 Å². The van der Waals surface area contributed by atoms with Crippen molar-refractivity contribution in [2.45, 2.75) is 64.5 Å². The number of hydrogen-bond donors (Lipinski definition) is 1. The highest BCUT2D eigenvalue weighted by Gasteiger charge is 2.22. The average molecular weight is 225 g/mol. The molecular weight excluding hydrogens is 198 g/mol. The highest BCUT2D eigenvalue weighted by atomic mass is 16.3. The molecule has 2 atom stereocenters. The number of aliphatic hydroxyl groups is 1. The van der Waals surface area contributed by atoms with Crippen LogP contribution in [0.5, 0.6) is 0 Å². The van der Waals surface area contributed by atoms with Crippen molar-refractivity contribution in [1.29, 1.82) is 0 Å². The van der Waals surface area contributed by atoms with Gasteiger partial charge in [-0.15, -0.1) is 0 Å². The molecule has 0 aliphatic carbocycles. The summed E-state index contributed by atoms with van der Waals surface area (Å²) in [5.41, 5.74) is 1.32. The molecule has 0 aromatic carbocycles. The van der Waals surface area contributed by atoms with E-state index in [1.54, 1.807) is 0 Å². The lowest BCUT2D eigenvalue weighted by atomic mass is 10.0. The second kappa shape index (κ2) is 7.08. The minimum atomic E-state index is -0.180. The van der Waals surface area contributed by atoms with E-state index in [1.807, 2.05) is 6.92 Å². The molecule has 0 aromatic heterocycles. The normalized spacial score (nSPS) is 25.1. The number of aliphatic hydroxyl groups excluding tert-OH is 1. The molecule has 2 heteroatoms. The molecule has 1 rings (SSSR count). The zero-order valence-electron chi connectivity index (χ0n) is 10.9. The van der Waals surface area contributed by atoms with E-state index in [0.29, 0.717) is 6.04 Å². The van der Waals surface area contributed by atoms with Gasteiger partial charge in [-0.1, -0.05) is 31.9 Å². The molecule has 1 heterocycles. The minimum absolute atomic E-state index is 0.180. The number of likely N-dealkylation sites (tertiary alicyclic amines) is 1. The second-order valence-corrected chi connectivity index (χ2v) is 5.16. The molecule has 0 radical (unpaired) electrons. The van der Waals surface area contributed by atoms with Crippen molar-refractivity contribution in [1.82, 2.24) is 4.90 Å². The van der Waals surface area contributed by atoms with E-state index in [-0.39, 0.29) is 6.10 Å². The van der Waals surface area contributed by atoms with Gasteiger partial charge in [0.15, 0.2) is 0 Å². The van der Waals surface area contributed by atoms with Crippen molar-refractivity contribution >= 4 is 0 Å². The maximum absolute atomic E-state index is 9.56. The van der Waals surface area contributed by atoms with E-state index in [1.165, 1.54) is 37.8 Å². The van der Waals surface area contributed by atoms with Crippen LogP contribution in [0.25, 0.3) is 0 Å². The van der Waals surface area contributed by atoms with Crippen molar-refractivity contribution in [3.63, 3.8) is 0 Å². The van der Waals surface area contributed by atoms with Gasteiger partial charge in [-0.25, -0.2) is 0 Å². The van der Waals surface area contributed by atoms with E-state index < -0.39 is 0 Å². The van der Waals surface area contributed by atoms with Gasteiger partial charge in [-0.3, -0.25) is 4.90 Å². The van der Waals surface area contributed by atoms with Crippen LogP contribution in [0.4, 0.5) is 0 Å². The molecule has 1 aliphatic heterocycles. The first-order chi connectivity index (χ1) is 7.63. The Morgan fingerprint density at radius 3 is 2.81 bits per heavy atom. The number of rotatable bonds is 5.